The maximum atomic E-state index is 7.28. The first kappa shape index (κ1) is 11.0. The molecule has 0 aromatic carbocycles. The van der Waals surface area contributed by atoms with E-state index in [-0.39, 0.29) is 11.9 Å². The Morgan fingerprint density at radius 2 is 2.43 bits per heavy atom. The smallest absolute Gasteiger partial charge is 0.155 e. The molecule has 0 saturated heterocycles. The van der Waals surface area contributed by atoms with Crippen LogP contribution in [0.2, 0.25) is 0 Å². The maximum absolute atomic E-state index is 7.28. The summed E-state index contributed by atoms with van der Waals surface area (Å²) in [5.74, 6) is 0.647. The first-order chi connectivity index (χ1) is 6.63. The number of amidine groups is 1. The van der Waals surface area contributed by atoms with Gasteiger partial charge in [-0.1, -0.05) is 6.92 Å². The zero-order valence-corrected chi connectivity index (χ0v) is 9.41. The Morgan fingerprint density at radius 1 is 1.71 bits per heavy atom. The highest BCUT2D eigenvalue weighted by molar-refractivity contribution is 9.10. The van der Waals surface area contributed by atoms with E-state index in [1.165, 1.54) is 0 Å². The van der Waals surface area contributed by atoms with Crippen LogP contribution in [0, 0.1) is 5.41 Å². The van der Waals surface area contributed by atoms with E-state index in [0.29, 0.717) is 12.2 Å². The van der Waals surface area contributed by atoms with E-state index < -0.39 is 0 Å². The lowest BCUT2D eigenvalue weighted by atomic mass is 10.2. The van der Waals surface area contributed by atoms with Crippen LogP contribution in [-0.2, 0) is 0 Å². The Balaban J connectivity index is 2.72. The Bertz CT molecular complexity index is 330. The fraction of sp³-hybridized carbons (Fsp3) is 0.333. The molecule has 0 amide bonds. The molecule has 1 atom stereocenters. The molecule has 0 fully saturated rings. The summed E-state index contributed by atoms with van der Waals surface area (Å²) in [4.78, 5) is 3.95. The van der Waals surface area contributed by atoms with E-state index in [4.69, 9.17) is 15.9 Å². The van der Waals surface area contributed by atoms with E-state index >= 15 is 0 Å². The maximum Gasteiger partial charge on any atom is 0.155 e. The van der Waals surface area contributed by atoms with Crippen LogP contribution in [0.25, 0.3) is 0 Å². The molecule has 0 saturated carbocycles. The summed E-state index contributed by atoms with van der Waals surface area (Å²) in [5, 5.41) is 7.28. The molecule has 0 spiro atoms. The minimum absolute atomic E-state index is 0.0347. The van der Waals surface area contributed by atoms with Gasteiger partial charge in [-0.3, -0.25) is 10.4 Å². The predicted octanol–water partition coefficient (Wildman–Crippen LogP) is 1.94. The van der Waals surface area contributed by atoms with Crippen molar-refractivity contribution in [2.24, 2.45) is 5.73 Å². The van der Waals surface area contributed by atoms with Gasteiger partial charge in [0.05, 0.1) is 6.20 Å². The fourth-order valence-electron chi connectivity index (χ4n) is 0.988. The van der Waals surface area contributed by atoms with Gasteiger partial charge in [0.25, 0.3) is 0 Å². The lowest BCUT2D eigenvalue weighted by molar-refractivity contribution is 0.259. The number of pyridine rings is 1. The molecule has 1 aromatic rings. The highest BCUT2D eigenvalue weighted by Crippen LogP contribution is 2.17. The van der Waals surface area contributed by atoms with Crippen LogP contribution in [0.15, 0.2) is 22.9 Å². The molecule has 0 aliphatic carbocycles. The number of aromatic nitrogens is 1. The fourth-order valence-corrected chi connectivity index (χ4v) is 1.33. The summed E-state index contributed by atoms with van der Waals surface area (Å²) in [5.41, 5.74) is 5.36. The second kappa shape index (κ2) is 4.95. The van der Waals surface area contributed by atoms with Crippen LogP contribution in [-0.4, -0.2) is 16.9 Å². The standard InChI is InChI=1S/C9H12BrN3O/c1-2-8(9(11)12)14-7-3-6(10)4-13-5-7/h3-5,8H,2H2,1H3,(H3,11,12). The molecule has 0 radical (unpaired) electrons. The molecular formula is C9H12BrN3O. The number of halogens is 1. The summed E-state index contributed by atoms with van der Waals surface area (Å²) in [6.45, 7) is 1.91. The van der Waals surface area contributed by atoms with Crippen LogP contribution in [0.5, 0.6) is 5.75 Å². The molecule has 14 heavy (non-hydrogen) atoms. The number of rotatable bonds is 4. The number of nitrogens with two attached hydrogens (primary N) is 1. The Kier molecular flexibility index (Phi) is 3.88. The average Bonchev–Trinajstić information content (AvgIpc) is 2.14. The van der Waals surface area contributed by atoms with Crippen molar-refractivity contribution in [2.75, 3.05) is 0 Å². The van der Waals surface area contributed by atoms with Crippen molar-refractivity contribution in [3.05, 3.63) is 22.9 Å². The highest BCUT2D eigenvalue weighted by Gasteiger charge is 2.11. The third-order valence-corrected chi connectivity index (χ3v) is 2.11. The Hall–Kier alpha value is -1.10. The Labute approximate surface area is 91.1 Å². The van der Waals surface area contributed by atoms with Gasteiger partial charge in [0, 0.05) is 10.7 Å². The van der Waals surface area contributed by atoms with Gasteiger partial charge < -0.3 is 10.5 Å². The van der Waals surface area contributed by atoms with Gasteiger partial charge in [-0.05, 0) is 28.4 Å². The Morgan fingerprint density at radius 3 is 2.93 bits per heavy atom. The van der Waals surface area contributed by atoms with E-state index in [1.807, 2.05) is 6.92 Å². The third-order valence-electron chi connectivity index (χ3n) is 1.68. The molecular weight excluding hydrogens is 246 g/mol. The second-order valence-electron chi connectivity index (χ2n) is 2.81. The number of hydrogen-bond acceptors (Lipinski definition) is 3. The number of nitrogens with one attached hydrogen (secondary N) is 1. The topological polar surface area (TPSA) is 72.0 Å². The van der Waals surface area contributed by atoms with Crippen molar-refractivity contribution >= 4 is 21.8 Å². The van der Waals surface area contributed by atoms with Gasteiger partial charge in [0.2, 0.25) is 0 Å². The van der Waals surface area contributed by atoms with Crippen molar-refractivity contribution < 1.29 is 4.74 Å². The molecule has 1 heterocycles. The molecule has 4 nitrogen and oxygen atoms in total. The van der Waals surface area contributed by atoms with Gasteiger partial charge in [-0.25, -0.2) is 0 Å². The largest absolute Gasteiger partial charge is 0.481 e. The molecule has 1 aromatic heterocycles. The molecule has 1 rings (SSSR count). The molecule has 5 heteroatoms. The number of hydrogen-bond donors (Lipinski definition) is 2. The van der Waals surface area contributed by atoms with Crippen molar-refractivity contribution in [3.63, 3.8) is 0 Å². The predicted molar refractivity (Wildman–Crippen MR) is 58.6 cm³/mol. The third kappa shape index (κ3) is 2.99. The molecule has 0 aliphatic rings. The van der Waals surface area contributed by atoms with Crippen LogP contribution < -0.4 is 10.5 Å². The van der Waals surface area contributed by atoms with Crippen LogP contribution in [0.4, 0.5) is 0 Å². The van der Waals surface area contributed by atoms with E-state index in [1.54, 1.807) is 18.5 Å². The van der Waals surface area contributed by atoms with E-state index in [2.05, 4.69) is 20.9 Å². The molecule has 1 unspecified atom stereocenters. The second-order valence-corrected chi connectivity index (χ2v) is 3.72. The van der Waals surface area contributed by atoms with E-state index in [0.717, 1.165) is 4.47 Å². The molecule has 0 bridgehead atoms. The summed E-state index contributed by atoms with van der Waals surface area (Å²) in [6, 6.07) is 1.79. The quantitative estimate of drug-likeness (QED) is 0.640. The number of ether oxygens (including phenoxy) is 1. The van der Waals surface area contributed by atoms with E-state index in [9.17, 15) is 0 Å². The number of nitrogens with zero attached hydrogens (tertiary/aromatic N) is 1. The first-order valence-corrected chi connectivity index (χ1v) is 5.04. The van der Waals surface area contributed by atoms with Crippen LogP contribution >= 0.6 is 15.9 Å². The highest BCUT2D eigenvalue weighted by atomic mass is 79.9. The summed E-state index contributed by atoms with van der Waals surface area (Å²) >= 11 is 3.28. The van der Waals surface area contributed by atoms with Crippen molar-refractivity contribution in [1.82, 2.24) is 4.98 Å². The lowest BCUT2D eigenvalue weighted by Crippen LogP contribution is -2.32. The SMILES string of the molecule is CCC(Oc1cncc(Br)c1)C(=N)N. The molecule has 76 valence electrons. The average molecular weight is 258 g/mol. The zero-order chi connectivity index (χ0) is 10.6. The molecule has 3 N–H and O–H groups in total. The van der Waals surface area contributed by atoms with Crippen molar-refractivity contribution in [2.45, 2.75) is 19.4 Å². The minimum Gasteiger partial charge on any atom is -0.481 e. The van der Waals surface area contributed by atoms with Gasteiger partial charge in [-0.2, -0.15) is 0 Å². The first-order valence-electron chi connectivity index (χ1n) is 4.24. The van der Waals surface area contributed by atoms with Crippen molar-refractivity contribution in [3.8, 4) is 5.75 Å². The van der Waals surface area contributed by atoms with Gasteiger partial charge >= 0.3 is 0 Å². The summed E-state index contributed by atoms with van der Waals surface area (Å²) < 4.78 is 6.30. The van der Waals surface area contributed by atoms with Crippen molar-refractivity contribution in [1.29, 1.82) is 5.41 Å². The summed E-state index contributed by atoms with van der Waals surface area (Å²) in [7, 11) is 0. The van der Waals surface area contributed by atoms with Crippen LogP contribution in [0.3, 0.4) is 0 Å². The summed E-state index contributed by atoms with van der Waals surface area (Å²) in [6.07, 6.45) is 3.56. The van der Waals surface area contributed by atoms with Gasteiger partial charge in [-0.15, -0.1) is 0 Å². The van der Waals surface area contributed by atoms with Crippen LogP contribution in [0.1, 0.15) is 13.3 Å². The minimum atomic E-state index is -0.369. The normalized spacial score (nSPS) is 12.1. The van der Waals surface area contributed by atoms with Gasteiger partial charge in [0.15, 0.2) is 6.10 Å². The van der Waals surface area contributed by atoms with Gasteiger partial charge in [0.1, 0.15) is 11.6 Å². The molecule has 0 aliphatic heterocycles. The zero-order valence-electron chi connectivity index (χ0n) is 7.83. The lowest BCUT2D eigenvalue weighted by Gasteiger charge is -2.15. The monoisotopic (exact) mass is 257 g/mol.